The van der Waals surface area contributed by atoms with Crippen LogP contribution in [-0.4, -0.2) is 61.8 Å². The number of nitrogens with zero attached hydrogens (tertiary/aromatic N) is 1. The van der Waals surface area contributed by atoms with E-state index in [1.165, 1.54) is 25.7 Å². The van der Waals surface area contributed by atoms with Gasteiger partial charge in [0, 0.05) is 19.4 Å². The lowest BCUT2D eigenvalue weighted by atomic mass is 9.73. The second-order valence-electron chi connectivity index (χ2n) is 20.9. The summed E-state index contributed by atoms with van der Waals surface area (Å²) in [6, 6.07) is 0. The Kier molecular flexibility index (Phi) is 29.5. The largest absolute Gasteiger partial charge is 0.463 e. The topological polar surface area (TPSA) is 82.1 Å². The van der Waals surface area contributed by atoms with E-state index in [-0.39, 0.29) is 47.0 Å². The van der Waals surface area contributed by atoms with Gasteiger partial charge in [-0.2, -0.15) is 0 Å². The number of esters is 3. The van der Waals surface area contributed by atoms with Crippen molar-refractivity contribution < 1.29 is 28.6 Å². The Morgan fingerprint density at radius 3 is 1.27 bits per heavy atom. The Labute approximate surface area is 348 Å². The number of carbonyl (C=O) groups is 3. The molecule has 0 aliphatic carbocycles. The molecule has 7 heteroatoms. The van der Waals surface area contributed by atoms with E-state index in [0.29, 0.717) is 42.9 Å². The number of ether oxygens (including phenoxy) is 3. The van der Waals surface area contributed by atoms with Gasteiger partial charge in [-0.05, 0) is 120 Å². The number of hydrogen-bond donors (Lipinski definition) is 0. The van der Waals surface area contributed by atoms with Crippen LogP contribution in [0.3, 0.4) is 0 Å². The van der Waals surface area contributed by atoms with Crippen molar-refractivity contribution in [1.29, 1.82) is 0 Å². The van der Waals surface area contributed by atoms with E-state index < -0.39 is 0 Å². The minimum Gasteiger partial charge on any atom is -0.463 e. The highest BCUT2D eigenvalue weighted by Gasteiger charge is 2.32. The van der Waals surface area contributed by atoms with Crippen molar-refractivity contribution in [3.8, 4) is 0 Å². The number of carbonyl (C=O) groups excluding carboxylic acids is 3. The fraction of sp³-hybridized carbons (Fsp3) is 0.939. The minimum absolute atomic E-state index is 0.0183. The fourth-order valence-electron chi connectivity index (χ4n) is 8.76. The normalized spacial score (nSPS) is 15.2. The minimum atomic E-state index is -0.142. The Hall–Kier alpha value is -1.63. The zero-order valence-corrected chi connectivity index (χ0v) is 39.7. The van der Waals surface area contributed by atoms with Crippen LogP contribution in [0.4, 0.5) is 0 Å². The van der Waals surface area contributed by atoms with Gasteiger partial charge >= 0.3 is 17.9 Å². The van der Waals surface area contributed by atoms with Crippen LogP contribution in [0.2, 0.25) is 0 Å². The molecule has 0 saturated carbocycles. The summed E-state index contributed by atoms with van der Waals surface area (Å²) in [5.74, 6) is 2.35. The summed E-state index contributed by atoms with van der Waals surface area (Å²) in [6.45, 7) is 27.5. The average Bonchev–Trinajstić information content (AvgIpc) is 3.03. The van der Waals surface area contributed by atoms with Crippen LogP contribution in [0, 0.1) is 34.5 Å². The highest BCUT2D eigenvalue weighted by Crippen LogP contribution is 2.37. The summed E-state index contributed by atoms with van der Waals surface area (Å²) in [6.07, 6.45) is 20.8. The summed E-state index contributed by atoms with van der Waals surface area (Å²) in [5, 5.41) is 0. The van der Waals surface area contributed by atoms with Gasteiger partial charge in [0.15, 0.2) is 0 Å². The van der Waals surface area contributed by atoms with Crippen LogP contribution >= 0.6 is 0 Å². The predicted molar refractivity (Wildman–Crippen MR) is 237 cm³/mol. The van der Waals surface area contributed by atoms with Crippen LogP contribution in [0.25, 0.3) is 0 Å². The smallest absolute Gasteiger partial charge is 0.306 e. The molecule has 332 valence electrons. The number of unbranched alkanes of at least 4 members (excludes halogenated alkanes) is 8. The lowest BCUT2D eigenvalue weighted by Crippen LogP contribution is -2.34. The monoisotopic (exact) mass is 794 g/mol. The highest BCUT2D eigenvalue weighted by molar-refractivity contribution is 5.70. The van der Waals surface area contributed by atoms with Crippen molar-refractivity contribution in [1.82, 2.24) is 4.90 Å². The zero-order chi connectivity index (χ0) is 42.7. The molecule has 0 aromatic rings. The van der Waals surface area contributed by atoms with Gasteiger partial charge in [0.2, 0.25) is 0 Å². The summed E-state index contributed by atoms with van der Waals surface area (Å²) >= 11 is 0. The second kappa shape index (κ2) is 30.4. The molecule has 0 saturated heterocycles. The fourth-order valence-corrected chi connectivity index (χ4v) is 8.76. The molecule has 0 N–H and O–H groups in total. The van der Waals surface area contributed by atoms with E-state index in [0.717, 1.165) is 103 Å². The molecule has 0 bridgehead atoms. The standard InChI is InChI=1S/C49H95NO6/c1-38(2)29-31-40(5)33-42(7)54-45(51)27-23-19-15-17-21-25-44(56-47(53)35-48(9,10)36-49(11,12)37-50(13)14)26-22-18-16-20-24-28-46(52)55-43(8)34-41(6)32-30-39(3)4/h38-44H,15-37H2,1-14H3. The van der Waals surface area contributed by atoms with E-state index in [4.69, 9.17) is 14.2 Å². The molecular weight excluding hydrogens is 699 g/mol. The molecule has 0 aromatic heterocycles. The van der Waals surface area contributed by atoms with Gasteiger partial charge in [0.1, 0.15) is 6.10 Å². The lowest BCUT2D eigenvalue weighted by Gasteiger charge is -2.36. The first kappa shape index (κ1) is 54.4. The molecule has 4 atom stereocenters. The molecule has 0 fully saturated rings. The molecule has 0 aliphatic heterocycles. The highest BCUT2D eigenvalue weighted by atomic mass is 16.5. The maximum Gasteiger partial charge on any atom is 0.306 e. The summed E-state index contributed by atoms with van der Waals surface area (Å²) in [7, 11) is 4.21. The van der Waals surface area contributed by atoms with Crippen LogP contribution in [0.1, 0.15) is 224 Å². The third kappa shape index (κ3) is 33.4. The van der Waals surface area contributed by atoms with E-state index in [2.05, 4.69) is 88.2 Å². The molecule has 4 unspecified atom stereocenters. The average molecular weight is 794 g/mol. The first-order chi connectivity index (χ1) is 26.1. The maximum atomic E-state index is 13.3. The molecule has 56 heavy (non-hydrogen) atoms. The Balaban J connectivity index is 4.74. The molecule has 0 aliphatic rings. The summed E-state index contributed by atoms with van der Waals surface area (Å²) in [4.78, 5) is 40.4. The van der Waals surface area contributed by atoms with Crippen LogP contribution in [-0.2, 0) is 28.6 Å². The molecule has 0 spiro atoms. The molecule has 0 rings (SSSR count). The van der Waals surface area contributed by atoms with Crippen molar-refractivity contribution in [2.75, 3.05) is 20.6 Å². The quantitative estimate of drug-likeness (QED) is 0.0359. The van der Waals surface area contributed by atoms with Crippen molar-refractivity contribution in [3.63, 3.8) is 0 Å². The Bertz CT molecular complexity index is 966. The molecule has 0 amide bonds. The third-order valence-electron chi connectivity index (χ3n) is 11.0. The molecule has 0 radical (unpaired) electrons. The van der Waals surface area contributed by atoms with Gasteiger partial charge in [0.05, 0.1) is 18.6 Å². The van der Waals surface area contributed by atoms with Crippen molar-refractivity contribution in [3.05, 3.63) is 0 Å². The Morgan fingerprint density at radius 1 is 0.482 bits per heavy atom. The van der Waals surface area contributed by atoms with E-state index in [1.54, 1.807) is 0 Å². The molecular formula is C49H95NO6. The van der Waals surface area contributed by atoms with Crippen LogP contribution in [0.5, 0.6) is 0 Å². The number of rotatable bonds is 35. The SMILES string of the molecule is CC(C)CCC(C)CC(C)OC(=O)CCCCCCCC(CCCCCCCC(=O)OC(C)CC(C)CCC(C)C)OC(=O)CC(C)(C)CC(C)(C)CN(C)C. The van der Waals surface area contributed by atoms with Gasteiger partial charge in [-0.25, -0.2) is 0 Å². The first-order valence-electron chi connectivity index (χ1n) is 23.3. The number of hydrogen-bond acceptors (Lipinski definition) is 7. The summed E-state index contributed by atoms with van der Waals surface area (Å²) < 4.78 is 17.6. The first-order valence-corrected chi connectivity index (χ1v) is 23.3. The van der Waals surface area contributed by atoms with Gasteiger partial charge in [-0.15, -0.1) is 0 Å². The Morgan fingerprint density at radius 2 is 0.875 bits per heavy atom. The second-order valence-corrected chi connectivity index (χ2v) is 20.9. The van der Waals surface area contributed by atoms with Gasteiger partial charge in [0.25, 0.3) is 0 Å². The van der Waals surface area contributed by atoms with E-state index >= 15 is 0 Å². The molecule has 0 heterocycles. The van der Waals surface area contributed by atoms with E-state index in [1.807, 2.05) is 13.8 Å². The van der Waals surface area contributed by atoms with Gasteiger partial charge in [-0.3, -0.25) is 14.4 Å². The van der Waals surface area contributed by atoms with Crippen molar-refractivity contribution in [2.45, 2.75) is 243 Å². The predicted octanol–water partition coefficient (Wildman–Crippen LogP) is 13.5. The maximum absolute atomic E-state index is 13.3. The van der Waals surface area contributed by atoms with Crippen molar-refractivity contribution >= 4 is 17.9 Å². The van der Waals surface area contributed by atoms with E-state index in [9.17, 15) is 14.4 Å². The zero-order valence-electron chi connectivity index (χ0n) is 39.7. The van der Waals surface area contributed by atoms with Crippen molar-refractivity contribution in [2.24, 2.45) is 34.5 Å². The van der Waals surface area contributed by atoms with Crippen LogP contribution in [0.15, 0.2) is 0 Å². The van der Waals surface area contributed by atoms with Crippen LogP contribution < -0.4 is 0 Å². The lowest BCUT2D eigenvalue weighted by molar-refractivity contribution is -0.153. The summed E-state index contributed by atoms with van der Waals surface area (Å²) in [5.41, 5.74) is -0.0365. The van der Waals surface area contributed by atoms with Gasteiger partial charge in [-0.1, -0.05) is 133 Å². The molecule has 7 nitrogen and oxygen atoms in total. The molecule has 0 aromatic carbocycles. The third-order valence-corrected chi connectivity index (χ3v) is 11.0. The van der Waals surface area contributed by atoms with Gasteiger partial charge < -0.3 is 19.1 Å².